The van der Waals surface area contributed by atoms with E-state index in [0.717, 1.165) is 41.7 Å². The van der Waals surface area contributed by atoms with Gasteiger partial charge in [-0.15, -0.1) is 0 Å². The number of amides is 1. The van der Waals surface area contributed by atoms with Crippen molar-refractivity contribution in [3.8, 4) is 11.1 Å². The van der Waals surface area contributed by atoms with Crippen LogP contribution in [0.25, 0.3) is 22.0 Å². The summed E-state index contributed by atoms with van der Waals surface area (Å²) in [5.74, 6) is -0.880. The third-order valence-electron chi connectivity index (χ3n) is 5.56. The van der Waals surface area contributed by atoms with Gasteiger partial charge in [0.2, 0.25) is 0 Å². The van der Waals surface area contributed by atoms with Crippen LogP contribution in [-0.4, -0.2) is 41.0 Å². The summed E-state index contributed by atoms with van der Waals surface area (Å²) in [5, 5.41) is 4.40. The molecule has 1 aliphatic rings. The predicted octanol–water partition coefficient (Wildman–Crippen LogP) is 3.32. The number of carbonyl (C=O) groups is 1. The Morgan fingerprint density at radius 3 is 2.69 bits per heavy atom. The van der Waals surface area contributed by atoms with Gasteiger partial charge < -0.3 is 11.1 Å². The molecule has 3 aromatic rings. The summed E-state index contributed by atoms with van der Waals surface area (Å²) < 4.78 is 13.4. The lowest BCUT2D eigenvalue weighted by atomic mass is 9.98. The van der Waals surface area contributed by atoms with E-state index >= 15 is 0 Å². The van der Waals surface area contributed by atoms with Crippen LogP contribution in [0.5, 0.6) is 0 Å². The second-order valence-corrected chi connectivity index (χ2v) is 7.87. The van der Waals surface area contributed by atoms with Gasteiger partial charge in [-0.05, 0) is 54.8 Å². The average molecular weight is 392 g/mol. The lowest BCUT2D eigenvalue weighted by molar-refractivity contribution is 0.0996. The number of nitrogens with two attached hydrogens (primary N) is 1. The predicted molar refractivity (Wildman–Crippen MR) is 113 cm³/mol. The Hall–Kier alpha value is -2.83. The fourth-order valence-corrected chi connectivity index (χ4v) is 3.92. The number of nitrogens with zero attached hydrogens (tertiary/aromatic N) is 2. The van der Waals surface area contributed by atoms with Gasteiger partial charge in [0.15, 0.2) is 0 Å². The van der Waals surface area contributed by atoms with Crippen LogP contribution in [0.4, 0.5) is 4.39 Å². The van der Waals surface area contributed by atoms with E-state index in [4.69, 9.17) is 5.73 Å². The van der Waals surface area contributed by atoms with Gasteiger partial charge in [0.25, 0.3) is 5.91 Å². The molecule has 0 bridgehead atoms. The molecule has 1 unspecified atom stereocenters. The number of hydrogen-bond donors (Lipinski definition) is 2. The van der Waals surface area contributed by atoms with Gasteiger partial charge in [-0.1, -0.05) is 24.3 Å². The van der Waals surface area contributed by atoms with E-state index in [-0.39, 0.29) is 11.5 Å². The van der Waals surface area contributed by atoms with E-state index in [2.05, 4.69) is 35.1 Å². The molecule has 29 heavy (non-hydrogen) atoms. The average Bonchev–Trinajstić information content (AvgIpc) is 2.70. The molecule has 4 rings (SSSR count). The van der Waals surface area contributed by atoms with Crippen LogP contribution in [0.2, 0.25) is 0 Å². The normalized spacial score (nSPS) is 20.1. The van der Waals surface area contributed by atoms with Gasteiger partial charge in [0.05, 0.1) is 5.52 Å². The topological polar surface area (TPSA) is 71.2 Å². The van der Waals surface area contributed by atoms with Crippen molar-refractivity contribution >= 4 is 16.8 Å². The molecule has 2 atom stereocenters. The molecule has 0 spiro atoms. The minimum atomic E-state index is -0.579. The molecule has 5 nitrogen and oxygen atoms in total. The number of piperazine rings is 1. The van der Waals surface area contributed by atoms with Crippen LogP contribution < -0.4 is 11.1 Å². The lowest BCUT2D eigenvalue weighted by Gasteiger charge is -2.37. The van der Waals surface area contributed by atoms with E-state index < -0.39 is 5.91 Å². The van der Waals surface area contributed by atoms with E-state index in [9.17, 15) is 9.18 Å². The minimum Gasteiger partial charge on any atom is -0.364 e. The molecular weight excluding hydrogens is 367 g/mol. The summed E-state index contributed by atoms with van der Waals surface area (Å²) in [4.78, 5) is 18.8. The van der Waals surface area contributed by atoms with Gasteiger partial charge in [0, 0.05) is 37.1 Å². The fraction of sp³-hybridized carbons (Fsp3) is 0.304. The van der Waals surface area contributed by atoms with Crippen molar-refractivity contribution in [2.75, 3.05) is 13.1 Å². The minimum absolute atomic E-state index is 0.207. The third-order valence-corrected chi connectivity index (χ3v) is 5.56. The smallest absolute Gasteiger partial charge is 0.267 e. The zero-order chi connectivity index (χ0) is 20.5. The molecule has 2 heterocycles. The molecule has 2 aromatic carbocycles. The van der Waals surface area contributed by atoms with Crippen LogP contribution in [0.1, 0.15) is 29.9 Å². The number of hydrogen-bond acceptors (Lipinski definition) is 4. The highest BCUT2D eigenvalue weighted by Crippen LogP contribution is 2.30. The maximum atomic E-state index is 13.4. The molecule has 1 amide bonds. The van der Waals surface area contributed by atoms with Crippen LogP contribution in [0.15, 0.2) is 48.5 Å². The number of carbonyl (C=O) groups excluding carboxylic acids is 1. The van der Waals surface area contributed by atoms with Gasteiger partial charge in [0.1, 0.15) is 11.5 Å². The summed E-state index contributed by atoms with van der Waals surface area (Å²) in [7, 11) is 0. The quantitative estimate of drug-likeness (QED) is 0.715. The number of primary amides is 1. The molecule has 0 radical (unpaired) electrons. The molecule has 3 N–H and O–H groups in total. The SMILES string of the molecule is CC1CN(Cc2ccc3c(-c4ccc(F)cc4)cc(C(N)=O)nc3c2)[C@@H](C)CN1. The number of halogens is 1. The number of pyridine rings is 1. The van der Waals surface area contributed by atoms with Gasteiger partial charge >= 0.3 is 0 Å². The Morgan fingerprint density at radius 2 is 1.97 bits per heavy atom. The second kappa shape index (κ2) is 7.89. The Balaban J connectivity index is 1.75. The first-order valence-electron chi connectivity index (χ1n) is 9.87. The Bertz CT molecular complexity index is 1050. The maximum Gasteiger partial charge on any atom is 0.267 e. The second-order valence-electron chi connectivity index (χ2n) is 7.87. The van der Waals surface area contributed by atoms with Crippen molar-refractivity contribution in [3.63, 3.8) is 0 Å². The maximum absolute atomic E-state index is 13.4. The van der Waals surface area contributed by atoms with Crippen molar-refractivity contribution in [3.05, 3.63) is 65.6 Å². The van der Waals surface area contributed by atoms with Crippen LogP contribution in [0.3, 0.4) is 0 Å². The van der Waals surface area contributed by atoms with Crippen molar-refractivity contribution in [1.29, 1.82) is 0 Å². The first-order valence-corrected chi connectivity index (χ1v) is 9.87. The molecule has 1 saturated heterocycles. The largest absolute Gasteiger partial charge is 0.364 e. The van der Waals surface area contributed by atoms with Gasteiger partial charge in [-0.3, -0.25) is 9.69 Å². The van der Waals surface area contributed by atoms with Crippen molar-refractivity contribution in [1.82, 2.24) is 15.2 Å². The fourth-order valence-electron chi connectivity index (χ4n) is 3.92. The standard InChI is InChI=1S/C23H25FN4O/c1-14-12-28(15(2)11-26-14)13-16-3-8-19-20(17-4-6-18(24)7-5-17)10-22(23(25)29)27-21(19)9-16/h3-10,14-15,26H,11-13H2,1-2H3,(H2,25,29)/t14?,15-/m0/s1. The summed E-state index contributed by atoms with van der Waals surface area (Å²) in [5.41, 5.74) is 9.22. The highest BCUT2D eigenvalue weighted by molar-refractivity contribution is 6.00. The number of fused-ring (bicyclic) bond motifs is 1. The Labute approximate surface area is 169 Å². The lowest BCUT2D eigenvalue weighted by Crippen LogP contribution is -2.53. The third kappa shape index (κ3) is 4.13. The van der Waals surface area contributed by atoms with Gasteiger partial charge in [-0.25, -0.2) is 9.37 Å². The van der Waals surface area contributed by atoms with Crippen molar-refractivity contribution < 1.29 is 9.18 Å². The first-order chi connectivity index (χ1) is 13.9. The molecule has 1 fully saturated rings. The molecule has 0 saturated carbocycles. The van der Waals surface area contributed by atoms with E-state index in [1.165, 1.54) is 12.1 Å². The number of benzene rings is 2. The van der Waals surface area contributed by atoms with Crippen LogP contribution in [-0.2, 0) is 6.54 Å². The summed E-state index contributed by atoms with van der Waals surface area (Å²) in [6.45, 7) is 7.17. The number of aromatic nitrogens is 1. The zero-order valence-corrected chi connectivity index (χ0v) is 16.7. The molecule has 1 aromatic heterocycles. The highest BCUT2D eigenvalue weighted by Gasteiger charge is 2.22. The molecule has 6 heteroatoms. The van der Waals surface area contributed by atoms with Crippen molar-refractivity contribution in [2.24, 2.45) is 5.73 Å². The van der Waals surface area contributed by atoms with Crippen LogP contribution in [0, 0.1) is 5.82 Å². The summed E-state index contributed by atoms with van der Waals surface area (Å²) in [6.07, 6.45) is 0. The number of rotatable bonds is 4. The van der Waals surface area contributed by atoms with E-state index in [0.29, 0.717) is 17.6 Å². The molecular formula is C23H25FN4O. The monoisotopic (exact) mass is 392 g/mol. The summed E-state index contributed by atoms with van der Waals surface area (Å²) >= 11 is 0. The zero-order valence-electron chi connectivity index (χ0n) is 16.7. The van der Waals surface area contributed by atoms with Crippen molar-refractivity contribution in [2.45, 2.75) is 32.5 Å². The van der Waals surface area contributed by atoms with Crippen LogP contribution >= 0.6 is 0 Å². The highest BCUT2D eigenvalue weighted by atomic mass is 19.1. The molecule has 150 valence electrons. The van der Waals surface area contributed by atoms with E-state index in [1.807, 2.05) is 12.1 Å². The van der Waals surface area contributed by atoms with Gasteiger partial charge in [-0.2, -0.15) is 0 Å². The van der Waals surface area contributed by atoms with E-state index in [1.54, 1.807) is 18.2 Å². The Kier molecular flexibility index (Phi) is 5.30. The first kappa shape index (κ1) is 19.5. The summed E-state index contributed by atoms with van der Waals surface area (Å²) in [6, 6.07) is 14.9. The molecule has 1 aliphatic heterocycles. The number of nitrogens with one attached hydrogen (secondary N) is 1. The Morgan fingerprint density at radius 1 is 1.21 bits per heavy atom. The molecule has 0 aliphatic carbocycles.